The van der Waals surface area contributed by atoms with E-state index in [1.807, 2.05) is 13.8 Å². The van der Waals surface area contributed by atoms with Crippen LogP contribution in [0.15, 0.2) is 35.5 Å². The smallest absolute Gasteiger partial charge is 0.315 e. The standard InChI is InChI=1S/C18H20N4O4/c1-4-26-18(23)15-14(11-7-5-6-8-13(11)22(24)25)12-9-19-21-17(12)20-16(15)10(2)3/h5-10,14-15H,4H2,1-3H3,(H,19,21). The first-order valence-corrected chi connectivity index (χ1v) is 8.47. The predicted molar refractivity (Wildman–Crippen MR) is 95.6 cm³/mol. The highest BCUT2D eigenvalue weighted by molar-refractivity contribution is 6.07. The van der Waals surface area contributed by atoms with Gasteiger partial charge in [-0.1, -0.05) is 32.0 Å². The highest BCUT2D eigenvalue weighted by Gasteiger charge is 2.44. The van der Waals surface area contributed by atoms with Crippen molar-refractivity contribution < 1.29 is 14.5 Å². The van der Waals surface area contributed by atoms with E-state index in [1.54, 1.807) is 31.3 Å². The number of ether oxygens (including phenoxy) is 1. The van der Waals surface area contributed by atoms with E-state index in [4.69, 9.17) is 4.74 Å². The second-order valence-corrected chi connectivity index (χ2v) is 6.39. The lowest BCUT2D eigenvalue weighted by molar-refractivity contribution is -0.385. The summed E-state index contributed by atoms with van der Waals surface area (Å²) < 4.78 is 5.29. The first-order valence-electron chi connectivity index (χ1n) is 8.47. The monoisotopic (exact) mass is 356 g/mol. The molecule has 0 bridgehead atoms. The molecule has 0 fully saturated rings. The van der Waals surface area contributed by atoms with Crippen LogP contribution >= 0.6 is 0 Å². The summed E-state index contributed by atoms with van der Waals surface area (Å²) in [5.41, 5.74) is 1.69. The molecular weight excluding hydrogens is 336 g/mol. The highest BCUT2D eigenvalue weighted by atomic mass is 16.6. The van der Waals surface area contributed by atoms with Gasteiger partial charge < -0.3 is 4.74 Å². The molecule has 1 aliphatic rings. The molecule has 0 amide bonds. The molecule has 2 aromatic rings. The zero-order valence-corrected chi connectivity index (χ0v) is 14.8. The van der Waals surface area contributed by atoms with E-state index in [2.05, 4.69) is 15.2 Å². The Kier molecular flexibility index (Phi) is 4.83. The Labute approximate surface area is 150 Å². The van der Waals surface area contributed by atoms with Crippen LogP contribution in [0.25, 0.3) is 0 Å². The molecular formula is C18H20N4O4. The Morgan fingerprint density at radius 1 is 1.35 bits per heavy atom. The van der Waals surface area contributed by atoms with Crippen LogP contribution < -0.4 is 0 Å². The topological polar surface area (TPSA) is 110 Å². The number of benzene rings is 1. The number of carbonyl (C=O) groups is 1. The van der Waals surface area contributed by atoms with Gasteiger partial charge >= 0.3 is 5.97 Å². The zero-order valence-electron chi connectivity index (χ0n) is 14.8. The molecule has 8 nitrogen and oxygen atoms in total. The lowest BCUT2D eigenvalue weighted by Crippen LogP contribution is -2.37. The normalized spacial score (nSPS) is 19.0. The number of esters is 1. The molecule has 2 unspecified atom stereocenters. The average Bonchev–Trinajstić information content (AvgIpc) is 3.08. The lowest BCUT2D eigenvalue weighted by atomic mass is 9.74. The van der Waals surface area contributed by atoms with E-state index in [0.29, 0.717) is 22.7 Å². The quantitative estimate of drug-likeness (QED) is 0.501. The number of nitro benzene ring substituents is 1. The maximum absolute atomic E-state index is 12.8. The molecule has 1 aliphatic heterocycles. The molecule has 0 saturated heterocycles. The summed E-state index contributed by atoms with van der Waals surface area (Å²) in [4.78, 5) is 28.5. The van der Waals surface area contributed by atoms with Gasteiger partial charge in [-0.05, 0) is 12.8 Å². The van der Waals surface area contributed by atoms with E-state index in [-0.39, 0.29) is 18.2 Å². The number of nitrogens with one attached hydrogen (secondary N) is 1. The Balaban J connectivity index is 2.24. The van der Waals surface area contributed by atoms with Gasteiger partial charge in [0.2, 0.25) is 0 Å². The molecule has 136 valence electrons. The second kappa shape index (κ2) is 7.07. The number of para-hydroxylation sites is 1. The Morgan fingerprint density at radius 2 is 2.08 bits per heavy atom. The minimum atomic E-state index is -0.735. The van der Waals surface area contributed by atoms with Gasteiger partial charge in [0.1, 0.15) is 5.92 Å². The van der Waals surface area contributed by atoms with Gasteiger partial charge in [0.25, 0.3) is 5.69 Å². The summed E-state index contributed by atoms with van der Waals surface area (Å²) in [6.45, 7) is 5.82. The first-order chi connectivity index (χ1) is 12.5. The van der Waals surface area contributed by atoms with E-state index >= 15 is 0 Å². The van der Waals surface area contributed by atoms with Gasteiger partial charge in [0, 0.05) is 28.8 Å². The highest BCUT2D eigenvalue weighted by Crippen LogP contribution is 2.45. The number of hydrogen-bond acceptors (Lipinski definition) is 6. The van der Waals surface area contributed by atoms with Crippen molar-refractivity contribution in [2.45, 2.75) is 26.7 Å². The summed E-state index contributed by atoms with van der Waals surface area (Å²) in [7, 11) is 0. The number of H-pyrrole nitrogens is 1. The largest absolute Gasteiger partial charge is 0.465 e. The molecule has 2 atom stereocenters. The molecule has 2 heterocycles. The number of rotatable bonds is 5. The van der Waals surface area contributed by atoms with Crippen molar-refractivity contribution in [2.75, 3.05) is 6.61 Å². The minimum Gasteiger partial charge on any atom is -0.465 e. The van der Waals surface area contributed by atoms with Crippen LogP contribution in [0.3, 0.4) is 0 Å². The number of carbonyl (C=O) groups excluding carboxylic acids is 1. The molecule has 0 saturated carbocycles. The molecule has 26 heavy (non-hydrogen) atoms. The van der Waals surface area contributed by atoms with Crippen molar-refractivity contribution in [2.24, 2.45) is 16.8 Å². The van der Waals surface area contributed by atoms with Crippen molar-refractivity contribution in [3.8, 4) is 0 Å². The molecule has 0 aliphatic carbocycles. The van der Waals surface area contributed by atoms with E-state index in [0.717, 1.165) is 0 Å². The third kappa shape index (κ3) is 2.98. The van der Waals surface area contributed by atoms with E-state index in [1.165, 1.54) is 6.07 Å². The summed E-state index contributed by atoms with van der Waals surface area (Å²) in [6, 6.07) is 6.45. The van der Waals surface area contributed by atoms with Crippen LogP contribution in [-0.2, 0) is 9.53 Å². The van der Waals surface area contributed by atoms with Gasteiger partial charge in [-0.15, -0.1) is 0 Å². The van der Waals surface area contributed by atoms with Gasteiger partial charge in [-0.25, -0.2) is 4.99 Å². The Bertz CT molecular complexity index is 872. The summed E-state index contributed by atoms with van der Waals surface area (Å²) >= 11 is 0. The summed E-state index contributed by atoms with van der Waals surface area (Å²) in [5.74, 6) is -1.26. The van der Waals surface area contributed by atoms with Crippen LogP contribution in [0.4, 0.5) is 11.5 Å². The number of aromatic amines is 1. The van der Waals surface area contributed by atoms with Gasteiger partial charge in [-0.3, -0.25) is 20.0 Å². The van der Waals surface area contributed by atoms with Crippen LogP contribution in [0.5, 0.6) is 0 Å². The maximum Gasteiger partial charge on any atom is 0.315 e. The number of fused-ring (bicyclic) bond motifs is 1. The molecule has 1 aromatic heterocycles. The van der Waals surface area contributed by atoms with Gasteiger partial charge in [0.15, 0.2) is 5.82 Å². The first kappa shape index (κ1) is 17.8. The zero-order chi connectivity index (χ0) is 18.8. The summed E-state index contributed by atoms with van der Waals surface area (Å²) in [5, 5.41) is 18.4. The Hall–Kier alpha value is -3.03. The lowest BCUT2D eigenvalue weighted by Gasteiger charge is -2.31. The van der Waals surface area contributed by atoms with Crippen molar-refractivity contribution in [3.05, 3.63) is 51.7 Å². The van der Waals surface area contributed by atoms with E-state index < -0.39 is 22.7 Å². The SMILES string of the molecule is CCOC(=O)C1C(C(C)C)=Nc2[nH]ncc2C1c1ccccc1[N+](=O)[O-]. The average molecular weight is 356 g/mol. The number of aromatic nitrogens is 2. The van der Waals surface area contributed by atoms with Gasteiger partial charge in [0.05, 0.1) is 17.7 Å². The molecule has 0 spiro atoms. The number of hydrogen-bond donors (Lipinski definition) is 1. The third-order valence-electron chi connectivity index (χ3n) is 4.48. The number of aliphatic imine (C=N–C) groups is 1. The van der Waals surface area contributed by atoms with Crippen molar-refractivity contribution >= 4 is 23.2 Å². The fourth-order valence-corrected chi connectivity index (χ4v) is 3.40. The van der Waals surface area contributed by atoms with Crippen LogP contribution in [0, 0.1) is 22.0 Å². The fraction of sp³-hybridized carbons (Fsp3) is 0.389. The molecule has 1 N–H and O–H groups in total. The van der Waals surface area contributed by atoms with Crippen molar-refractivity contribution in [3.63, 3.8) is 0 Å². The molecule has 3 rings (SSSR count). The van der Waals surface area contributed by atoms with Crippen LogP contribution in [-0.4, -0.2) is 33.4 Å². The van der Waals surface area contributed by atoms with Gasteiger partial charge in [-0.2, -0.15) is 5.10 Å². The van der Waals surface area contributed by atoms with Crippen LogP contribution in [0.2, 0.25) is 0 Å². The predicted octanol–water partition coefficient (Wildman–Crippen LogP) is 3.37. The fourth-order valence-electron chi connectivity index (χ4n) is 3.40. The second-order valence-electron chi connectivity index (χ2n) is 6.39. The van der Waals surface area contributed by atoms with Crippen molar-refractivity contribution in [1.82, 2.24) is 10.2 Å². The van der Waals surface area contributed by atoms with Crippen LogP contribution in [0.1, 0.15) is 37.8 Å². The molecule has 8 heteroatoms. The number of nitro groups is 1. The molecule has 1 aromatic carbocycles. The minimum absolute atomic E-state index is 0.0360. The number of nitrogens with zero attached hydrogens (tertiary/aromatic N) is 3. The molecule has 0 radical (unpaired) electrons. The summed E-state index contributed by atoms with van der Waals surface area (Å²) in [6.07, 6.45) is 1.57. The van der Waals surface area contributed by atoms with Crippen molar-refractivity contribution in [1.29, 1.82) is 0 Å². The Morgan fingerprint density at radius 3 is 2.73 bits per heavy atom. The van der Waals surface area contributed by atoms with E-state index in [9.17, 15) is 14.9 Å². The maximum atomic E-state index is 12.8. The third-order valence-corrected chi connectivity index (χ3v) is 4.48.